The van der Waals surface area contributed by atoms with Gasteiger partial charge < -0.3 is 5.73 Å². The van der Waals surface area contributed by atoms with Gasteiger partial charge >= 0.3 is 0 Å². The Hall–Kier alpha value is -1.01. The topological polar surface area (TPSA) is 69.1 Å². The van der Waals surface area contributed by atoms with Gasteiger partial charge in [0.1, 0.15) is 5.01 Å². The lowest BCUT2D eigenvalue weighted by Crippen LogP contribution is -2.17. The molecule has 1 aliphatic rings. The van der Waals surface area contributed by atoms with E-state index in [4.69, 9.17) is 10.8 Å². The number of fused-ring (bicyclic) bond motifs is 1. The molecule has 5 nitrogen and oxygen atoms in total. The molecule has 2 unspecified atom stereocenters. The van der Waals surface area contributed by atoms with Gasteiger partial charge in [0.25, 0.3) is 0 Å². The highest BCUT2D eigenvalue weighted by atomic mass is 32.1. The van der Waals surface area contributed by atoms with Crippen LogP contribution in [0.4, 0.5) is 0 Å². The largest absolute Gasteiger partial charge is 0.328 e. The number of aromatic nitrogens is 4. The molecule has 3 rings (SSSR count). The fourth-order valence-corrected chi connectivity index (χ4v) is 3.49. The lowest BCUT2D eigenvalue weighted by Gasteiger charge is -2.13. The molecule has 0 aliphatic heterocycles. The van der Waals surface area contributed by atoms with E-state index in [-0.39, 0.29) is 5.41 Å². The van der Waals surface area contributed by atoms with Gasteiger partial charge in [-0.15, -0.1) is 10.2 Å². The lowest BCUT2D eigenvalue weighted by molar-refractivity contribution is 0.524. The van der Waals surface area contributed by atoms with E-state index in [0.29, 0.717) is 12.0 Å². The van der Waals surface area contributed by atoms with Crippen LogP contribution >= 0.6 is 11.3 Å². The summed E-state index contributed by atoms with van der Waals surface area (Å²) in [4.78, 5) is 0.899. The van der Waals surface area contributed by atoms with Crippen molar-refractivity contribution in [2.75, 3.05) is 0 Å². The molecule has 1 saturated carbocycles. The summed E-state index contributed by atoms with van der Waals surface area (Å²) in [6.07, 6.45) is 3.31. The van der Waals surface area contributed by atoms with Crippen LogP contribution in [0.1, 0.15) is 56.8 Å². The van der Waals surface area contributed by atoms with Gasteiger partial charge in [-0.1, -0.05) is 32.1 Å². The predicted molar refractivity (Wildman–Crippen MR) is 71.9 cm³/mol. The van der Waals surface area contributed by atoms with Crippen molar-refractivity contribution in [2.45, 2.75) is 57.4 Å². The van der Waals surface area contributed by atoms with Crippen LogP contribution < -0.4 is 5.73 Å². The minimum absolute atomic E-state index is 0.0309. The van der Waals surface area contributed by atoms with E-state index in [1.54, 1.807) is 11.3 Å². The summed E-state index contributed by atoms with van der Waals surface area (Å²) in [6, 6.07) is 0.339. The van der Waals surface area contributed by atoms with Crippen LogP contribution in [0.15, 0.2) is 0 Å². The molecule has 0 aromatic carbocycles. The molecule has 2 aromatic heterocycles. The first-order valence-corrected chi connectivity index (χ1v) is 7.25. The minimum atomic E-state index is -0.0309. The van der Waals surface area contributed by atoms with Gasteiger partial charge in [-0.2, -0.15) is 9.61 Å². The van der Waals surface area contributed by atoms with Crippen molar-refractivity contribution in [3.63, 3.8) is 0 Å². The van der Waals surface area contributed by atoms with Gasteiger partial charge in [-0.25, -0.2) is 0 Å². The zero-order valence-corrected chi connectivity index (χ0v) is 11.9. The van der Waals surface area contributed by atoms with Gasteiger partial charge in [0.05, 0.1) is 0 Å². The predicted octanol–water partition coefficient (Wildman–Crippen LogP) is 2.08. The summed E-state index contributed by atoms with van der Waals surface area (Å²) in [5, 5.41) is 14.4. The standard InChI is InChI=1S/C12H19N5S/c1-12(2,3)10-14-15-11-17(10)16-9(18-11)7-4-5-8(13)6-7/h7-8H,4-6,13H2,1-3H3. The Labute approximate surface area is 110 Å². The van der Waals surface area contributed by atoms with Crippen molar-refractivity contribution in [1.29, 1.82) is 0 Å². The molecule has 0 saturated heterocycles. The van der Waals surface area contributed by atoms with Crippen LogP contribution in [-0.4, -0.2) is 25.9 Å². The molecule has 2 aromatic rings. The fraction of sp³-hybridized carbons (Fsp3) is 0.750. The smallest absolute Gasteiger partial charge is 0.234 e. The Balaban J connectivity index is 1.99. The van der Waals surface area contributed by atoms with Crippen molar-refractivity contribution in [3.8, 4) is 0 Å². The third-order valence-corrected chi connectivity index (χ3v) is 4.56. The Bertz CT molecular complexity index is 565. The summed E-state index contributed by atoms with van der Waals surface area (Å²) >= 11 is 1.66. The molecule has 18 heavy (non-hydrogen) atoms. The molecule has 1 fully saturated rings. The van der Waals surface area contributed by atoms with Gasteiger partial charge in [-0.05, 0) is 19.3 Å². The van der Waals surface area contributed by atoms with Crippen molar-refractivity contribution in [1.82, 2.24) is 19.8 Å². The van der Waals surface area contributed by atoms with Crippen molar-refractivity contribution in [3.05, 3.63) is 10.8 Å². The third kappa shape index (κ3) is 1.93. The van der Waals surface area contributed by atoms with Gasteiger partial charge in [0, 0.05) is 17.4 Å². The van der Waals surface area contributed by atoms with Crippen molar-refractivity contribution >= 4 is 16.3 Å². The number of nitrogens with two attached hydrogens (primary N) is 1. The summed E-state index contributed by atoms with van der Waals surface area (Å²) in [7, 11) is 0. The van der Waals surface area contributed by atoms with Crippen LogP contribution in [0.2, 0.25) is 0 Å². The number of hydrogen-bond donors (Lipinski definition) is 1. The number of hydrogen-bond acceptors (Lipinski definition) is 5. The molecule has 6 heteroatoms. The number of nitrogens with zero attached hydrogens (tertiary/aromatic N) is 4. The zero-order chi connectivity index (χ0) is 12.9. The lowest BCUT2D eigenvalue weighted by atomic mass is 9.96. The molecule has 0 amide bonds. The molecule has 2 atom stereocenters. The van der Waals surface area contributed by atoms with Crippen LogP contribution in [0.25, 0.3) is 4.96 Å². The number of rotatable bonds is 1. The summed E-state index contributed by atoms with van der Waals surface area (Å²) < 4.78 is 1.91. The van der Waals surface area contributed by atoms with Gasteiger partial charge in [0.2, 0.25) is 4.96 Å². The van der Waals surface area contributed by atoms with E-state index < -0.39 is 0 Å². The normalized spacial score (nSPS) is 25.1. The minimum Gasteiger partial charge on any atom is -0.328 e. The summed E-state index contributed by atoms with van der Waals surface area (Å²) in [6.45, 7) is 6.40. The summed E-state index contributed by atoms with van der Waals surface area (Å²) in [5.74, 6) is 1.45. The molecule has 2 N–H and O–H groups in total. The van der Waals surface area contributed by atoms with E-state index in [9.17, 15) is 0 Å². The molecular weight excluding hydrogens is 246 g/mol. The molecule has 0 radical (unpaired) electrons. The second-order valence-corrected chi connectivity index (χ2v) is 7.17. The Morgan fingerprint density at radius 2 is 2.06 bits per heavy atom. The van der Waals surface area contributed by atoms with E-state index in [1.165, 1.54) is 5.01 Å². The SMILES string of the molecule is CC(C)(C)c1nnc2sc(C3CCC(N)C3)nn12. The Morgan fingerprint density at radius 1 is 1.28 bits per heavy atom. The highest BCUT2D eigenvalue weighted by Gasteiger charge is 2.29. The molecule has 0 spiro atoms. The third-order valence-electron chi connectivity index (χ3n) is 3.50. The quantitative estimate of drug-likeness (QED) is 0.857. The van der Waals surface area contributed by atoms with Gasteiger partial charge in [-0.3, -0.25) is 0 Å². The molecule has 0 bridgehead atoms. The highest BCUT2D eigenvalue weighted by molar-refractivity contribution is 7.16. The van der Waals surface area contributed by atoms with E-state index >= 15 is 0 Å². The van der Waals surface area contributed by atoms with Crippen LogP contribution in [-0.2, 0) is 5.41 Å². The fourth-order valence-electron chi connectivity index (χ4n) is 2.51. The summed E-state index contributed by atoms with van der Waals surface area (Å²) in [5.41, 5.74) is 5.94. The van der Waals surface area contributed by atoms with Crippen LogP contribution in [0.3, 0.4) is 0 Å². The maximum Gasteiger partial charge on any atom is 0.234 e. The maximum absolute atomic E-state index is 5.97. The molecule has 1 aliphatic carbocycles. The van der Waals surface area contributed by atoms with Crippen molar-refractivity contribution in [2.24, 2.45) is 5.73 Å². The highest BCUT2D eigenvalue weighted by Crippen LogP contribution is 2.36. The van der Waals surface area contributed by atoms with Crippen molar-refractivity contribution < 1.29 is 0 Å². The molecule has 98 valence electrons. The van der Waals surface area contributed by atoms with E-state index in [2.05, 4.69) is 31.0 Å². The molecular formula is C12H19N5S. The first-order valence-electron chi connectivity index (χ1n) is 6.43. The van der Waals surface area contributed by atoms with Crippen LogP contribution in [0.5, 0.6) is 0 Å². The zero-order valence-electron chi connectivity index (χ0n) is 11.1. The average Bonchev–Trinajstić information content (AvgIpc) is 2.87. The first kappa shape index (κ1) is 12.0. The Kier molecular flexibility index (Phi) is 2.67. The van der Waals surface area contributed by atoms with E-state index in [0.717, 1.165) is 30.0 Å². The maximum atomic E-state index is 5.97. The van der Waals surface area contributed by atoms with Crippen LogP contribution in [0, 0.1) is 0 Å². The second-order valence-electron chi connectivity index (χ2n) is 6.18. The first-order chi connectivity index (χ1) is 8.45. The van der Waals surface area contributed by atoms with Gasteiger partial charge in [0.15, 0.2) is 5.82 Å². The Morgan fingerprint density at radius 3 is 2.67 bits per heavy atom. The average molecular weight is 265 g/mol. The van der Waals surface area contributed by atoms with E-state index in [1.807, 2.05) is 4.52 Å². The monoisotopic (exact) mass is 265 g/mol. The molecule has 2 heterocycles. The second kappa shape index (κ2) is 3.99.